The van der Waals surface area contributed by atoms with Gasteiger partial charge in [-0.25, -0.2) is 0 Å². The first-order valence-electron chi connectivity index (χ1n) is 10.9. The number of nitrogens with one attached hydrogen (secondary N) is 2. The van der Waals surface area contributed by atoms with Crippen molar-refractivity contribution in [3.63, 3.8) is 0 Å². The molecule has 0 radical (unpaired) electrons. The van der Waals surface area contributed by atoms with Crippen LogP contribution in [0, 0.1) is 5.92 Å². The van der Waals surface area contributed by atoms with Gasteiger partial charge in [0.05, 0.1) is 6.54 Å². The van der Waals surface area contributed by atoms with E-state index in [9.17, 15) is 4.79 Å². The van der Waals surface area contributed by atoms with Gasteiger partial charge in [-0.2, -0.15) is 0 Å². The Morgan fingerprint density at radius 1 is 1.14 bits per heavy atom. The second kappa shape index (κ2) is 11.6. The third kappa shape index (κ3) is 7.56. The number of ether oxygens (including phenoxy) is 2. The predicted octanol–water partition coefficient (Wildman–Crippen LogP) is 0.291. The standard InChI is InChI=1S/C20H37N5O3/c1-21-20(22-7-2-12-28-16-17-5-13-27-14-6-17)25-10-8-24(9-11-25)15-19(26)23-18-3-4-18/h17-18H,2-16H2,1H3,(H,21,22)(H,23,26). The molecule has 1 aliphatic carbocycles. The highest BCUT2D eigenvalue weighted by Crippen LogP contribution is 2.18. The molecule has 1 amide bonds. The highest BCUT2D eigenvalue weighted by molar-refractivity contribution is 5.80. The van der Waals surface area contributed by atoms with Gasteiger partial charge in [-0.3, -0.25) is 14.7 Å². The fourth-order valence-electron chi connectivity index (χ4n) is 3.69. The smallest absolute Gasteiger partial charge is 0.234 e. The average molecular weight is 396 g/mol. The number of carbonyl (C=O) groups is 1. The second-order valence-corrected chi connectivity index (χ2v) is 8.06. The lowest BCUT2D eigenvalue weighted by atomic mass is 10.0. The van der Waals surface area contributed by atoms with E-state index >= 15 is 0 Å². The van der Waals surface area contributed by atoms with E-state index in [1.807, 2.05) is 7.05 Å². The minimum absolute atomic E-state index is 0.166. The van der Waals surface area contributed by atoms with Gasteiger partial charge in [0.1, 0.15) is 0 Å². The lowest BCUT2D eigenvalue weighted by Gasteiger charge is -2.36. The summed E-state index contributed by atoms with van der Waals surface area (Å²) in [6, 6.07) is 0.442. The van der Waals surface area contributed by atoms with Crippen molar-refractivity contribution >= 4 is 11.9 Å². The number of hydrogen-bond donors (Lipinski definition) is 2. The van der Waals surface area contributed by atoms with Gasteiger partial charge in [0.15, 0.2) is 5.96 Å². The van der Waals surface area contributed by atoms with Crippen LogP contribution in [0.3, 0.4) is 0 Å². The van der Waals surface area contributed by atoms with Crippen LogP contribution in [0.2, 0.25) is 0 Å². The predicted molar refractivity (Wildman–Crippen MR) is 110 cm³/mol. The van der Waals surface area contributed by atoms with Crippen molar-refractivity contribution in [3.8, 4) is 0 Å². The number of guanidine groups is 1. The molecule has 3 rings (SSSR count). The van der Waals surface area contributed by atoms with Crippen LogP contribution in [0.15, 0.2) is 4.99 Å². The average Bonchev–Trinajstić information content (AvgIpc) is 3.53. The van der Waals surface area contributed by atoms with Gasteiger partial charge in [0.2, 0.25) is 5.91 Å². The number of hydrogen-bond acceptors (Lipinski definition) is 5. The highest BCUT2D eigenvalue weighted by atomic mass is 16.5. The van der Waals surface area contributed by atoms with Crippen LogP contribution in [0.5, 0.6) is 0 Å². The van der Waals surface area contributed by atoms with Gasteiger partial charge in [-0.05, 0) is 38.0 Å². The lowest BCUT2D eigenvalue weighted by molar-refractivity contribution is -0.122. The molecule has 0 aromatic carbocycles. The number of rotatable bonds is 9. The number of nitrogens with zero attached hydrogens (tertiary/aromatic N) is 3. The Morgan fingerprint density at radius 2 is 1.89 bits per heavy atom. The number of carbonyl (C=O) groups excluding carboxylic acids is 1. The maximum absolute atomic E-state index is 11.9. The number of aliphatic imine (C=N–C) groups is 1. The summed E-state index contributed by atoms with van der Waals surface area (Å²) in [6.07, 6.45) is 5.51. The van der Waals surface area contributed by atoms with Crippen molar-refractivity contribution in [2.45, 2.75) is 38.1 Å². The van der Waals surface area contributed by atoms with Gasteiger partial charge < -0.3 is 25.0 Å². The molecule has 160 valence electrons. The molecule has 0 aromatic heterocycles. The van der Waals surface area contributed by atoms with Gasteiger partial charge in [0.25, 0.3) is 0 Å². The van der Waals surface area contributed by atoms with Crippen LogP contribution in [-0.2, 0) is 14.3 Å². The molecule has 2 saturated heterocycles. The van der Waals surface area contributed by atoms with E-state index in [4.69, 9.17) is 9.47 Å². The topological polar surface area (TPSA) is 78.4 Å². The Kier molecular flexibility index (Phi) is 8.82. The molecule has 8 heteroatoms. The first-order valence-corrected chi connectivity index (χ1v) is 10.9. The van der Waals surface area contributed by atoms with Crippen LogP contribution in [0.4, 0.5) is 0 Å². The molecule has 2 aliphatic heterocycles. The zero-order valence-corrected chi connectivity index (χ0v) is 17.3. The maximum atomic E-state index is 11.9. The monoisotopic (exact) mass is 395 g/mol. The molecule has 8 nitrogen and oxygen atoms in total. The number of piperazine rings is 1. The first-order chi connectivity index (χ1) is 13.7. The highest BCUT2D eigenvalue weighted by Gasteiger charge is 2.25. The zero-order chi connectivity index (χ0) is 19.6. The van der Waals surface area contributed by atoms with E-state index in [1.165, 1.54) is 0 Å². The second-order valence-electron chi connectivity index (χ2n) is 8.06. The van der Waals surface area contributed by atoms with Crippen LogP contribution >= 0.6 is 0 Å². The van der Waals surface area contributed by atoms with Crippen LogP contribution in [0.1, 0.15) is 32.1 Å². The van der Waals surface area contributed by atoms with E-state index in [1.54, 1.807) is 0 Å². The van der Waals surface area contributed by atoms with Crippen molar-refractivity contribution in [3.05, 3.63) is 0 Å². The molecule has 28 heavy (non-hydrogen) atoms. The maximum Gasteiger partial charge on any atom is 0.234 e. The van der Waals surface area contributed by atoms with Crippen molar-refractivity contribution in [1.82, 2.24) is 20.4 Å². The Balaban J connectivity index is 1.23. The summed E-state index contributed by atoms with van der Waals surface area (Å²) in [5, 5.41) is 6.51. The summed E-state index contributed by atoms with van der Waals surface area (Å²) in [5.41, 5.74) is 0. The SMILES string of the molecule is CN=C(NCCCOCC1CCOCC1)N1CCN(CC(=O)NC2CC2)CC1. The van der Waals surface area contributed by atoms with Crippen LogP contribution < -0.4 is 10.6 Å². The molecule has 0 spiro atoms. The molecule has 0 atom stereocenters. The minimum atomic E-state index is 0.166. The quantitative estimate of drug-likeness (QED) is 0.332. The van der Waals surface area contributed by atoms with E-state index < -0.39 is 0 Å². The van der Waals surface area contributed by atoms with Crippen molar-refractivity contribution in [2.24, 2.45) is 10.9 Å². The molecule has 0 aromatic rings. The lowest BCUT2D eigenvalue weighted by Crippen LogP contribution is -2.54. The van der Waals surface area contributed by atoms with Gasteiger partial charge in [-0.15, -0.1) is 0 Å². The van der Waals surface area contributed by atoms with Gasteiger partial charge in [-0.1, -0.05) is 0 Å². The molecule has 2 heterocycles. The summed E-state index contributed by atoms with van der Waals surface area (Å²) in [5.74, 6) is 1.78. The molecular weight excluding hydrogens is 358 g/mol. The Bertz CT molecular complexity index is 498. The fourth-order valence-corrected chi connectivity index (χ4v) is 3.69. The molecule has 0 unspecified atom stereocenters. The Labute approximate surface area is 169 Å². The Hall–Kier alpha value is -1.38. The zero-order valence-electron chi connectivity index (χ0n) is 17.3. The normalized spacial score (nSPS) is 22.3. The molecule has 1 saturated carbocycles. The molecule has 3 aliphatic rings. The third-order valence-corrected chi connectivity index (χ3v) is 5.64. The van der Waals surface area contributed by atoms with Crippen molar-refractivity contribution in [2.75, 3.05) is 72.7 Å². The summed E-state index contributed by atoms with van der Waals surface area (Å²) in [6.45, 7) is 8.37. The van der Waals surface area contributed by atoms with Gasteiger partial charge >= 0.3 is 0 Å². The van der Waals surface area contributed by atoms with E-state index in [0.29, 0.717) is 18.5 Å². The summed E-state index contributed by atoms with van der Waals surface area (Å²) in [7, 11) is 1.83. The van der Waals surface area contributed by atoms with E-state index in [0.717, 1.165) is 97.2 Å². The minimum Gasteiger partial charge on any atom is -0.381 e. The fraction of sp³-hybridized carbons (Fsp3) is 0.900. The third-order valence-electron chi connectivity index (χ3n) is 5.64. The van der Waals surface area contributed by atoms with E-state index in [2.05, 4.69) is 25.4 Å². The number of amides is 1. The Morgan fingerprint density at radius 3 is 2.57 bits per heavy atom. The summed E-state index contributed by atoms with van der Waals surface area (Å²) >= 11 is 0. The van der Waals surface area contributed by atoms with Gasteiger partial charge in [0, 0.05) is 72.2 Å². The van der Waals surface area contributed by atoms with Crippen LogP contribution in [-0.4, -0.2) is 100 Å². The summed E-state index contributed by atoms with van der Waals surface area (Å²) < 4.78 is 11.2. The largest absolute Gasteiger partial charge is 0.381 e. The molecule has 3 fully saturated rings. The molecule has 2 N–H and O–H groups in total. The first kappa shape index (κ1) is 21.3. The molecule has 0 bridgehead atoms. The molecular formula is C20H37N5O3. The summed E-state index contributed by atoms with van der Waals surface area (Å²) in [4.78, 5) is 20.9. The van der Waals surface area contributed by atoms with E-state index in [-0.39, 0.29) is 5.91 Å². The van der Waals surface area contributed by atoms with Crippen molar-refractivity contribution < 1.29 is 14.3 Å². The van der Waals surface area contributed by atoms with Crippen molar-refractivity contribution in [1.29, 1.82) is 0 Å². The van der Waals surface area contributed by atoms with Crippen LogP contribution in [0.25, 0.3) is 0 Å².